The van der Waals surface area contributed by atoms with Crippen LogP contribution in [0.2, 0.25) is 0 Å². The first-order valence-electron chi connectivity index (χ1n) is 5.89. The van der Waals surface area contributed by atoms with Crippen molar-refractivity contribution in [2.45, 2.75) is 51.6 Å². The molecule has 0 spiro atoms. The van der Waals surface area contributed by atoms with Crippen molar-refractivity contribution in [3.05, 3.63) is 0 Å². The van der Waals surface area contributed by atoms with E-state index in [9.17, 15) is 4.79 Å². The molecular weight excluding hydrogens is 192 g/mol. The predicted molar refractivity (Wildman–Crippen MR) is 59.6 cm³/mol. The van der Waals surface area contributed by atoms with Gasteiger partial charge in [0.2, 0.25) is 0 Å². The van der Waals surface area contributed by atoms with Crippen LogP contribution in [0.4, 0.5) is 4.79 Å². The molecule has 0 aliphatic heterocycles. The van der Waals surface area contributed by atoms with Crippen LogP contribution in [-0.2, 0) is 0 Å². The SMILES string of the molecule is CCCC1CC1NC(=O)NC(CC)CO. The van der Waals surface area contributed by atoms with E-state index >= 15 is 0 Å². The van der Waals surface area contributed by atoms with Crippen LogP contribution in [0.15, 0.2) is 0 Å². The summed E-state index contributed by atoms with van der Waals surface area (Å²) < 4.78 is 0. The number of hydrogen-bond acceptors (Lipinski definition) is 2. The molecule has 0 bridgehead atoms. The van der Waals surface area contributed by atoms with Crippen molar-refractivity contribution in [2.75, 3.05) is 6.61 Å². The molecular formula is C11H22N2O2. The third-order valence-electron chi connectivity index (χ3n) is 2.95. The molecule has 0 aromatic rings. The van der Waals surface area contributed by atoms with E-state index in [0.29, 0.717) is 12.0 Å². The van der Waals surface area contributed by atoms with E-state index < -0.39 is 0 Å². The van der Waals surface area contributed by atoms with Gasteiger partial charge in [0.1, 0.15) is 0 Å². The smallest absolute Gasteiger partial charge is 0.315 e. The van der Waals surface area contributed by atoms with Crippen molar-refractivity contribution in [3.63, 3.8) is 0 Å². The maximum Gasteiger partial charge on any atom is 0.315 e. The summed E-state index contributed by atoms with van der Waals surface area (Å²) >= 11 is 0. The zero-order valence-corrected chi connectivity index (χ0v) is 9.62. The van der Waals surface area contributed by atoms with E-state index in [1.54, 1.807) is 0 Å². The highest BCUT2D eigenvalue weighted by Crippen LogP contribution is 2.34. The zero-order chi connectivity index (χ0) is 11.3. The van der Waals surface area contributed by atoms with Crippen LogP contribution in [0.3, 0.4) is 0 Å². The van der Waals surface area contributed by atoms with Gasteiger partial charge in [-0.2, -0.15) is 0 Å². The Hall–Kier alpha value is -0.770. The van der Waals surface area contributed by atoms with Gasteiger partial charge in [0.05, 0.1) is 12.6 Å². The van der Waals surface area contributed by atoms with Crippen LogP contribution in [0.5, 0.6) is 0 Å². The maximum absolute atomic E-state index is 11.4. The molecule has 0 heterocycles. The summed E-state index contributed by atoms with van der Waals surface area (Å²) in [6.45, 7) is 4.11. The van der Waals surface area contributed by atoms with Crippen LogP contribution in [0.25, 0.3) is 0 Å². The summed E-state index contributed by atoms with van der Waals surface area (Å²) in [5.74, 6) is 0.676. The summed E-state index contributed by atoms with van der Waals surface area (Å²) in [4.78, 5) is 11.4. The van der Waals surface area contributed by atoms with Gasteiger partial charge in [0, 0.05) is 6.04 Å². The molecule has 4 nitrogen and oxygen atoms in total. The number of urea groups is 1. The molecule has 1 fully saturated rings. The van der Waals surface area contributed by atoms with Crippen molar-refractivity contribution in [2.24, 2.45) is 5.92 Å². The van der Waals surface area contributed by atoms with Crippen LogP contribution in [0.1, 0.15) is 39.5 Å². The molecule has 1 saturated carbocycles. The van der Waals surface area contributed by atoms with Gasteiger partial charge in [-0.3, -0.25) is 0 Å². The fourth-order valence-electron chi connectivity index (χ4n) is 1.79. The van der Waals surface area contributed by atoms with E-state index in [1.165, 1.54) is 12.8 Å². The maximum atomic E-state index is 11.4. The Labute approximate surface area is 91.4 Å². The lowest BCUT2D eigenvalue weighted by Crippen LogP contribution is -2.44. The van der Waals surface area contributed by atoms with Gasteiger partial charge < -0.3 is 15.7 Å². The normalized spacial score (nSPS) is 25.8. The first-order valence-corrected chi connectivity index (χ1v) is 5.89. The highest BCUT2D eigenvalue weighted by atomic mass is 16.3. The Morgan fingerprint density at radius 2 is 2.27 bits per heavy atom. The predicted octanol–water partition coefficient (Wildman–Crippen LogP) is 1.25. The minimum atomic E-state index is -0.139. The molecule has 0 aromatic carbocycles. The van der Waals surface area contributed by atoms with Crippen molar-refractivity contribution in [1.82, 2.24) is 10.6 Å². The Morgan fingerprint density at radius 3 is 2.80 bits per heavy atom. The van der Waals surface area contributed by atoms with E-state index in [-0.39, 0.29) is 18.7 Å². The molecule has 1 rings (SSSR count). The molecule has 88 valence electrons. The number of amides is 2. The lowest BCUT2D eigenvalue weighted by Gasteiger charge is -2.14. The molecule has 1 aliphatic rings. The minimum absolute atomic E-state index is 0.00692. The lowest BCUT2D eigenvalue weighted by molar-refractivity contribution is 0.214. The monoisotopic (exact) mass is 214 g/mol. The Kier molecular flexibility index (Phi) is 4.88. The van der Waals surface area contributed by atoms with E-state index in [4.69, 9.17) is 5.11 Å². The molecule has 4 heteroatoms. The van der Waals surface area contributed by atoms with Crippen molar-refractivity contribution in [1.29, 1.82) is 0 Å². The Bertz CT molecular complexity index is 205. The molecule has 1 aliphatic carbocycles. The third kappa shape index (κ3) is 4.08. The number of hydrogen-bond donors (Lipinski definition) is 3. The van der Waals surface area contributed by atoms with Gasteiger partial charge in [-0.1, -0.05) is 20.3 Å². The number of carbonyl (C=O) groups excluding carboxylic acids is 1. The second-order valence-electron chi connectivity index (χ2n) is 4.30. The summed E-state index contributed by atoms with van der Waals surface area (Å²) in [7, 11) is 0. The average Bonchev–Trinajstić information content (AvgIpc) is 2.93. The number of aliphatic hydroxyl groups excluding tert-OH is 1. The molecule has 0 radical (unpaired) electrons. The van der Waals surface area contributed by atoms with Crippen LogP contribution in [0, 0.1) is 5.92 Å². The fourth-order valence-corrected chi connectivity index (χ4v) is 1.79. The van der Waals surface area contributed by atoms with Gasteiger partial charge >= 0.3 is 6.03 Å². The summed E-state index contributed by atoms with van der Waals surface area (Å²) in [5, 5.41) is 14.6. The standard InChI is InChI=1S/C11H22N2O2/c1-3-5-8-6-10(8)13-11(15)12-9(4-2)7-14/h8-10,14H,3-7H2,1-2H3,(H2,12,13,15). The number of aliphatic hydroxyl groups is 1. The minimum Gasteiger partial charge on any atom is -0.394 e. The molecule has 0 aromatic heterocycles. The molecule has 3 atom stereocenters. The highest BCUT2D eigenvalue weighted by Gasteiger charge is 2.37. The van der Waals surface area contributed by atoms with Crippen LogP contribution >= 0.6 is 0 Å². The number of carbonyl (C=O) groups is 1. The third-order valence-corrected chi connectivity index (χ3v) is 2.95. The second kappa shape index (κ2) is 5.95. The van der Waals surface area contributed by atoms with E-state index in [2.05, 4.69) is 17.6 Å². The van der Waals surface area contributed by atoms with Gasteiger partial charge in [0.15, 0.2) is 0 Å². The zero-order valence-electron chi connectivity index (χ0n) is 9.62. The van der Waals surface area contributed by atoms with E-state index in [1.807, 2.05) is 6.92 Å². The van der Waals surface area contributed by atoms with Gasteiger partial charge in [-0.15, -0.1) is 0 Å². The summed E-state index contributed by atoms with van der Waals surface area (Å²) in [6.07, 6.45) is 4.24. The van der Waals surface area contributed by atoms with Gasteiger partial charge in [0.25, 0.3) is 0 Å². The summed E-state index contributed by atoms with van der Waals surface area (Å²) in [5.41, 5.74) is 0. The van der Waals surface area contributed by atoms with Gasteiger partial charge in [-0.05, 0) is 25.2 Å². The average molecular weight is 214 g/mol. The van der Waals surface area contributed by atoms with Gasteiger partial charge in [-0.25, -0.2) is 4.79 Å². The molecule has 15 heavy (non-hydrogen) atoms. The molecule has 0 saturated heterocycles. The van der Waals surface area contributed by atoms with Crippen LogP contribution < -0.4 is 10.6 Å². The quantitative estimate of drug-likeness (QED) is 0.623. The van der Waals surface area contributed by atoms with E-state index in [0.717, 1.165) is 12.8 Å². The molecule has 2 amide bonds. The lowest BCUT2D eigenvalue weighted by atomic mass is 10.2. The number of rotatable bonds is 6. The highest BCUT2D eigenvalue weighted by molar-refractivity contribution is 5.75. The first-order chi connectivity index (χ1) is 7.21. The number of nitrogens with one attached hydrogen (secondary N) is 2. The first kappa shape index (κ1) is 12.3. The second-order valence-corrected chi connectivity index (χ2v) is 4.30. The summed E-state index contributed by atoms with van der Waals surface area (Å²) in [6, 6.07) is 0.106. The molecule has 3 N–H and O–H groups in total. The fraction of sp³-hybridized carbons (Fsp3) is 0.909. The largest absolute Gasteiger partial charge is 0.394 e. The Balaban J connectivity index is 2.14. The molecule has 3 unspecified atom stereocenters. The van der Waals surface area contributed by atoms with Crippen molar-refractivity contribution < 1.29 is 9.90 Å². The topological polar surface area (TPSA) is 61.4 Å². The van der Waals surface area contributed by atoms with Crippen molar-refractivity contribution in [3.8, 4) is 0 Å². The van der Waals surface area contributed by atoms with Crippen molar-refractivity contribution >= 4 is 6.03 Å². The van der Waals surface area contributed by atoms with Crippen LogP contribution in [-0.4, -0.2) is 29.8 Å². The Morgan fingerprint density at radius 1 is 1.53 bits per heavy atom.